The third-order valence-electron chi connectivity index (χ3n) is 3.73. The second-order valence-corrected chi connectivity index (χ2v) is 5.49. The summed E-state index contributed by atoms with van der Waals surface area (Å²) < 4.78 is 4.98. The quantitative estimate of drug-likeness (QED) is 0.646. The monoisotopic (exact) mass is 335 g/mol. The molecule has 0 aliphatic rings. The molecule has 0 aliphatic carbocycles. The number of anilines is 1. The van der Waals surface area contributed by atoms with Gasteiger partial charge in [0.1, 0.15) is 0 Å². The van der Waals surface area contributed by atoms with Crippen LogP contribution in [0.15, 0.2) is 24.3 Å². The zero-order valence-corrected chi connectivity index (χ0v) is 14.9. The Hall–Kier alpha value is -2.08. The number of ether oxygens (including phenoxy) is 1. The van der Waals surface area contributed by atoms with E-state index in [1.54, 1.807) is 36.3 Å². The first-order chi connectivity index (χ1) is 11.6. The van der Waals surface area contributed by atoms with Crippen LogP contribution < -0.4 is 10.6 Å². The fourth-order valence-corrected chi connectivity index (χ4v) is 2.35. The lowest BCUT2D eigenvalue weighted by atomic mass is 10.1. The molecule has 0 aromatic heterocycles. The normalized spacial score (nSPS) is 10.3. The van der Waals surface area contributed by atoms with Crippen LogP contribution in [-0.2, 0) is 4.74 Å². The standard InChI is InChI=1S/C18H29N3O3/c1-4-21(5-2)17(22)15-10-9-11-16(14-15)20-18(23)19-12-7-6-8-13-24-3/h9-11,14H,4-8,12-13H2,1-3H3,(H2,19,20,23). The largest absolute Gasteiger partial charge is 0.385 e. The summed E-state index contributed by atoms with van der Waals surface area (Å²) in [4.78, 5) is 26.0. The van der Waals surface area contributed by atoms with Crippen LogP contribution >= 0.6 is 0 Å². The van der Waals surface area contributed by atoms with Crippen molar-refractivity contribution in [1.29, 1.82) is 0 Å². The molecule has 134 valence electrons. The van der Waals surface area contributed by atoms with Gasteiger partial charge < -0.3 is 20.3 Å². The fraction of sp³-hybridized carbons (Fsp3) is 0.556. The number of methoxy groups -OCH3 is 1. The third-order valence-corrected chi connectivity index (χ3v) is 3.73. The summed E-state index contributed by atoms with van der Waals surface area (Å²) in [6, 6.07) is 6.77. The lowest BCUT2D eigenvalue weighted by molar-refractivity contribution is 0.0773. The van der Waals surface area contributed by atoms with Crippen molar-refractivity contribution in [2.75, 3.05) is 38.7 Å². The highest BCUT2D eigenvalue weighted by atomic mass is 16.5. The number of amides is 3. The smallest absolute Gasteiger partial charge is 0.319 e. The Bertz CT molecular complexity index is 516. The van der Waals surface area contributed by atoms with Gasteiger partial charge in [-0.3, -0.25) is 4.79 Å². The van der Waals surface area contributed by atoms with E-state index in [1.807, 2.05) is 13.8 Å². The van der Waals surface area contributed by atoms with E-state index in [9.17, 15) is 9.59 Å². The van der Waals surface area contributed by atoms with Gasteiger partial charge in [0.05, 0.1) is 0 Å². The third kappa shape index (κ3) is 7.00. The molecule has 1 aromatic rings. The zero-order valence-electron chi connectivity index (χ0n) is 14.9. The Morgan fingerprint density at radius 3 is 2.54 bits per heavy atom. The lowest BCUT2D eigenvalue weighted by Crippen LogP contribution is -2.31. The second kappa shape index (κ2) is 11.5. The lowest BCUT2D eigenvalue weighted by Gasteiger charge is -2.19. The molecule has 0 aliphatic heterocycles. The van der Waals surface area contributed by atoms with Crippen molar-refractivity contribution in [3.8, 4) is 0 Å². The average Bonchev–Trinajstić information content (AvgIpc) is 2.59. The van der Waals surface area contributed by atoms with Gasteiger partial charge in [-0.05, 0) is 51.3 Å². The molecule has 0 fully saturated rings. The highest BCUT2D eigenvalue weighted by Crippen LogP contribution is 2.13. The number of unbranched alkanes of at least 4 members (excludes halogenated alkanes) is 2. The topological polar surface area (TPSA) is 70.7 Å². The van der Waals surface area contributed by atoms with Crippen LogP contribution in [0.2, 0.25) is 0 Å². The average molecular weight is 335 g/mol. The molecule has 0 radical (unpaired) electrons. The Morgan fingerprint density at radius 2 is 1.88 bits per heavy atom. The number of carbonyl (C=O) groups is 2. The number of carbonyl (C=O) groups excluding carboxylic acids is 2. The SMILES string of the molecule is CCN(CC)C(=O)c1cccc(NC(=O)NCCCCCOC)c1. The van der Waals surface area contributed by atoms with Crippen LogP contribution in [0.1, 0.15) is 43.5 Å². The van der Waals surface area contributed by atoms with Crippen molar-refractivity contribution < 1.29 is 14.3 Å². The van der Waals surface area contributed by atoms with Gasteiger partial charge in [-0.2, -0.15) is 0 Å². The number of nitrogens with one attached hydrogen (secondary N) is 2. The van der Waals surface area contributed by atoms with Gasteiger partial charge >= 0.3 is 6.03 Å². The van der Waals surface area contributed by atoms with Crippen LogP contribution in [0.5, 0.6) is 0 Å². The van der Waals surface area contributed by atoms with Crippen LogP contribution in [0.4, 0.5) is 10.5 Å². The predicted octanol–water partition coefficient (Wildman–Crippen LogP) is 3.11. The van der Waals surface area contributed by atoms with Crippen molar-refractivity contribution in [3.63, 3.8) is 0 Å². The molecule has 0 bridgehead atoms. The second-order valence-electron chi connectivity index (χ2n) is 5.49. The number of urea groups is 1. The molecule has 2 N–H and O–H groups in total. The van der Waals surface area contributed by atoms with Crippen LogP contribution in [-0.4, -0.2) is 50.2 Å². The van der Waals surface area contributed by atoms with Gasteiger partial charge in [-0.15, -0.1) is 0 Å². The minimum Gasteiger partial charge on any atom is -0.385 e. The molecule has 0 spiro atoms. The van der Waals surface area contributed by atoms with Crippen LogP contribution in [0.3, 0.4) is 0 Å². The molecule has 0 saturated heterocycles. The predicted molar refractivity (Wildman–Crippen MR) is 96.4 cm³/mol. The first-order valence-corrected chi connectivity index (χ1v) is 8.55. The highest BCUT2D eigenvalue weighted by Gasteiger charge is 2.13. The Labute approximate surface area is 144 Å². The van der Waals surface area contributed by atoms with E-state index in [0.717, 1.165) is 25.9 Å². The van der Waals surface area contributed by atoms with E-state index in [-0.39, 0.29) is 11.9 Å². The van der Waals surface area contributed by atoms with E-state index >= 15 is 0 Å². The van der Waals surface area contributed by atoms with E-state index < -0.39 is 0 Å². The summed E-state index contributed by atoms with van der Waals surface area (Å²) in [5.74, 6) is -0.0257. The maximum absolute atomic E-state index is 12.3. The number of hydrogen-bond acceptors (Lipinski definition) is 3. The van der Waals surface area contributed by atoms with Gasteiger partial charge in [0, 0.05) is 44.6 Å². The maximum Gasteiger partial charge on any atom is 0.319 e. The summed E-state index contributed by atoms with van der Waals surface area (Å²) in [6.45, 7) is 6.59. The summed E-state index contributed by atoms with van der Waals surface area (Å²) >= 11 is 0. The molecule has 0 atom stereocenters. The van der Waals surface area contributed by atoms with Crippen LogP contribution in [0.25, 0.3) is 0 Å². The van der Waals surface area contributed by atoms with Crippen molar-refractivity contribution in [2.45, 2.75) is 33.1 Å². The number of hydrogen-bond donors (Lipinski definition) is 2. The molecule has 0 unspecified atom stereocenters. The van der Waals surface area contributed by atoms with Gasteiger partial charge in [0.15, 0.2) is 0 Å². The summed E-state index contributed by atoms with van der Waals surface area (Å²) in [5, 5.41) is 5.58. The minimum atomic E-state index is -0.255. The number of nitrogens with zero attached hydrogens (tertiary/aromatic N) is 1. The van der Waals surface area contributed by atoms with E-state index in [2.05, 4.69) is 10.6 Å². The van der Waals surface area contributed by atoms with Gasteiger partial charge in [-0.1, -0.05) is 6.07 Å². The molecule has 24 heavy (non-hydrogen) atoms. The van der Waals surface area contributed by atoms with Gasteiger partial charge in [-0.25, -0.2) is 4.79 Å². The van der Waals surface area contributed by atoms with Crippen LogP contribution in [0, 0.1) is 0 Å². The molecule has 6 nitrogen and oxygen atoms in total. The number of rotatable bonds is 10. The van der Waals surface area contributed by atoms with Crippen molar-refractivity contribution in [1.82, 2.24) is 10.2 Å². The summed E-state index contributed by atoms with van der Waals surface area (Å²) in [5.41, 5.74) is 1.20. The molecule has 1 aromatic carbocycles. The van der Waals surface area contributed by atoms with Crippen molar-refractivity contribution in [3.05, 3.63) is 29.8 Å². The molecular formula is C18H29N3O3. The minimum absolute atomic E-state index is 0.0257. The molecule has 6 heteroatoms. The van der Waals surface area contributed by atoms with E-state index in [4.69, 9.17) is 4.74 Å². The summed E-state index contributed by atoms with van der Waals surface area (Å²) in [7, 11) is 1.69. The molecule has 0 saturated carbocycles. The fourth-order valence-electron chi connectivity index (χ4n) is 2.35. The first-order valence-electron chi connectivity index (χ1n) is 8.55. The van der Waals surface area contributed by atoms with Gasteiger partial charge in [0.25, 0.3) is 5.91 Å². The molecule has 0 heterocycles. The van der Waals surface area contributed by atoms with Gasteiger partial charge in [0.2, 0.25) is 0 Å². The summed E-state index contributed by atoms with van der Waals surface area (Å²) in [6.07, 6.45) is 2.93. The Kier molecular flexibility index (Phi) is 9.53. The molecule has 3 amide bonds. The van der Waals surface area contributed by atoms with Crippen molar-refractivity contribution >= 4 is 17.6 Å². The first kappa shape index (κ1) is 20.0. The highest BCUT2D eigenvalue weighted by molar-refractivity contribution is 5.96. The van der Waals surface area contributed by atoms with E-state index in [1.165, 1.54) is 0 Å². The molecular weight excluding hydrogens is 306 g/mol. The van der Waals surface area contributed by atoms with Crippen molar-refractivity contribution in [2.24, 2.45) is 0 Å². The maximum atomic E-state index is 12.3. The zero-order chi connectivity index (χ0) is 17.8. The number of benzene rings is 1. The Balaban J connectivity index is 2.46. The van der Waals surface area contributed by atoms with E-state index in [0.29, 0.717) is 30.9 Å². The Morgan fingerprint density at radius 1 is 1.12 bits per heavy atom. The molecule has 1 rings (SSSR count).